The van der Waals surface area contributed by atoms with E-state index in [9.17, 15) is 13.2 Å². The van der Waals surface area contributed by atoms with E-state index in [2.05, 4.69) is 15.5 Å². The first kappa shape index (κ1) is 20.3. The van der Waals surface area contributed by atoms with Crippen molar-refractivity contribution < 1.29 is 17.7 Å². The maximum atomic E-state index is 12.5. The molecule has 24 heavy (non-hydrogen) atoms. The Morgan fingerprint density at radius 3 is 2.42 bits per heavy atom. The number of hydrogen-bond acceptors (Lipinski definition) is 3. The van der Waals surface area contributed by atoms with E-state index in [4.69, 9.17) is 4.52 Å². The van der Waals surface area contributed by atoms with Gasteiger partial charge in [0.15, 0.2) is 5.96 Å². The summed E-state index contributed by atoms with van der Waals surface area (Å²) < 4.78 is 42.4. The van der Waals surface area contributed by atoms with Crippen LogP contribution >= 0.6 is 24.0 Å². The zero-order chi connectivity index (χ0) is 16.9. The summed E-state index contributed by atoms with van der Waals surface area (Å²) in [6.45, 7) is 0.872. The number of aliphatic imine (C=N–C) groups is 1. The Hall–Kier alpha value is -1.78. The van der Waals surface area contributed by atoms with Gasteiger partial charge in [0.2, 0.25) is 0 Å². The van der Waals surface area contributed by atoms with Crippen molar-refractivity contribution in [3.05, 3.63) is 53.4 Å². The average Bonchev–Trinajstić information content (AvgIpc) is 3.01. The van der Waals surface area contributed by atoms with Crippen LogP contribution in [-0.4, -0.2) is 30.1 Å². The predicted molar refractivity (Wildman–Crippen MR) is 95.0 cm³/mol. The lowest BCUT2D eigenvalue weighted by molar-refractivity contribution is -0.137. The Bertz CT molecular complexity index is 642. The van der Waals surface area contributed by atoms with E-state index in [0.717, 1.165) is 23.4 Å². The van der Waals surface area contributed by atoms with Crippen molar-refractivity contribution >= 4 is 29.9 Å². The largest absolute Gasteiger partial charge is 0.416 e. The molecule has 0 atom stereocenters. The number of hydrogen-bond donors (Lipinski definition) is 1. The number of aromatic nitrogens is 1. The Labute approximate surface area is 154 Å². The molecule has 2 aromatic rings. The SMILES string of the molecule is CN=C(NCc1ccon1)N(C)Cc1ccc(C(F)(F)F)cc1.I. The van der Waals surface area contributed by atoms with Gasteiger partial charge >= 0.3 is 6.18 Å². The van der Waals surface area contributed by atoms with Crippen LogP contribution in [0.25, 0.3) is 0 Å². The highest BCUT2D eigenvalue weighted by atomic mass is 127. The van der Waals surface area contributed by atoms with Crippen molar-refractivity contribution in [2.75, 3.05) is 14.1 Å². The maximum Gasteiger partial charge on any atom is 0.416 e. The molecule has 1 N–H and O–H groups in total. The molecule has 0 aliphatic heterocycles. The van der Waals surface area contributed by atoms with Crippen LogP contribution in [0, 0.1) is 0 Å². The molecular weight excluding hydrogens is 436 g/mol. The summed E-state index contributed by atoms with van der Waals surface area (Å²) in [6.07, 6.45) is -2.84. The van der Waals surface area contributed by atoms with Crippen LogP contribution in [0.5, 0.6) is 0 Å². The van der Waals surface area contributed by atoms with Gasteiger partial charge in [0.05, 0.1) is 12.1 Å². The summed E-state index contributed by atoms with van der Waals surface area (Å²) in [4.78, 5) is 5.94. The fourth-order valence-electron chi connectivity index (χ4n) is 2.03. The van der Waals surface area contributed by atoms with Crippen LogP contribution in [-0.2, 0) is 19.3 Å². The molecule has 1 aromatic carbocycles. The van der Waals surface area contributed by atoms with Crippen molar-refractivity contribution in [3.8, 4) is 0 Å². The molecule has 9 heteroatoms. The van der Waals surface area contributed by atoms with Gasteiger partial charge < -0.3 is 14.7 Å². The van der Waals surface area contributed by atoms with Crippen LogP contribution < -0.4 is 5.32 Å². The van der Waals surface area contributed by atoms with E-state index >= 15 is 0 Å². The van der Waals surface area contributed by atoms with Gasteiger partial charge in [0, 0.05) is 26.7 Å². The number of nitrogens with one attached hydrogen (secondary N) is 1. The van der Waals surface area contributed by atoms with Crippen molar-refractivity contribution in [2.45, 2.75) is 19.3 Å². The summed E-state index contributed by atoms with van der Waals surface area (Å²) in [5, 5.41) is 6.88. The van der Waals surface area contributed by atoms with Crippen molar-refractivity contribution in [2.24, 2.45) is 4.99 Å². The number of alkyl halides is 3. The molecule has 0 aliphatic rings. The predicted octanol–water partition coefficient (Wildman–Crippen LogP) is 3.52. The van der Waals surface area contributed by atoms with E-state index in [1.165, 1.54) is 18.4 Å². The number of rotatable bonds is 4. The minimum atomic E-state index is -4.32. The third-order valence-electron chi connectivity index (χ3n) is 3.19. The van der Waals surface area contributed by atoms with Crippen LogP contribution in [0.15, 0.2) is 46.1 Å². The van der Waals surface area contributed by atoms with E-state index in [1.807, 2.05) is 4.90 Å². The van der Waals surface area contributed by atoms with Crippen LogP contribution in [0.2, 0.25) is 0 Å². The highest BCUT2D eigenvalue weighted by Gasteiger charge is 2.29. The second kappa shape index (κ2) is 8.90. The molecule has 0 saturated heterocycles. The summed E-state index contributed by atoms with van der Waals surface area (Å²) in [5.41, 5.74) is 0.830. The van der Waals surface area contributed by atoms with Gasteiger partial charge in [-0.05, 0) is 17.7 Å². The van der Waals surface area contributed by atoms with E-state index < -0.39 is 11.7 Å². The van der Waals surface area contributed by atoms with Gasteiger partial charge in [-0.1, -0.05) is 17.3 Å². The quantitative estimate of drug-likeness (QED) is 0.437. The van der Waals surface area contributed by atoms with Crippen LogP contribution in [0.4, 0.5) is 13.2 Å². The molecule has 0 fully saturated rings. The zero-order valence-electron chi connectivity index (χ0n) is 13.2. The van der Waals surface area contributed by atoms with Gasteiger partial charge in [-0.3, -0.25) is 4.99 Å². The molecular formula is C15H18F3IN4O. The Balaban J connectivity index is 0.00000288. The summed E-state index contributed by atoms with van der Waals surface area (Å²) >= 11 is 0. The standard InChI is InChI=1S/C15H17F3N4O.HI/c1-19-14(20-9-13-7-8-23-21-13)22(2)10-11-3-5-12(6-4-11)15(16,17)18;/h3-8H,9-10H2,1-2H3,(H,19,20);1H. The van der Waals surface area contributed by atoms with E-state index in [0.29, 0.717) is 19.0 Å². The number of nitrogens with zero attached hydrogens (tertiary/aromatic N) is 3. The molecule has 0 radical (unpaired) electrons. The van der Waals surface area contributed by atoms with Crippen LogP contribution in [0.1, 0.15) is 16.8 Å². The highest BCUT2D eigenvalue weighted by Crippen LogP contribution is 2.29. The van der Waals surface area contributed by atoms with E-state index in [1.54, 1.807) is 20.2 Å². The van der Waals surface area contributed by atoms with E-state index in [-0.39, 0.29) is 24.0 Å². The monoisotopic (exact) mass is 454 g/mol. The van der Waals surface area contributed by atoms with Gasteiger partial charge in [0.25, 0.3) is 0 Å². The van der Waals surface area contributed by atoms with Gasteiger partial charge in [-0.15, -0.1) is 24.0 Å². The van der Waals surface area contributed by atoms with Crippen LogP contribution in [0.3, 0.4) is 0 Å². The molecule has 0 unspecified atom stereocenters. The molecule has 0 amide bonds. The Morgan fingerprint density at radius 1 is 1.25 bits per heavy atom. The molecule has 1 aromatic heterocycles. The fourth-order valence-corrected chi connectivity index (χ4v) is 2.03. The third-order valence-corrected chi connectivity index (χ3v) is 3.19. The molecule has 5 nitrogen and oxygen atoms in total. The molecule has 0 saturated carbocycles. The summed E-state index contributed by atoms with van der Waals surface area (Å²) in [6, 6.07) is 6.81. The second-order valence-electron chi connectivity index (χ2n) is 4.94. The Morgan fingerprint density at radius 2 is 1.92 bits per heavy atom. The fraction of sp³-hybridized carbons (Fsp3) is 0.333. The summed E-state index contributed by atoms with van der Waals surface area (Å²) in [7, 11) is 3.43. The molecule has 2 rings (SSSR count). The van der Waals surface area contributed by atoms with Crippen molar-refractivity contribution in [3.63, 3.8) is 0 Å². The lowest BCUT2D eigenvalue weighted by atomic mass is 10.1. The molecule has 1 heterocycles. The minimum Gasteiger partial charge on any atom is -0.364 e. The number of guanidine groups is 1. The first-order valence-corrected chi connectivity index (χ1v) is 6.87. The lowest BCUT2D eigenvalue weighted by Gasteiger charge is -2.22. The molecule has 132 valence electrons. The smallest absolute Gasteiger partial charge is 0.364 e. The van der Waals surface area contributed by atoms with Gasteiger partial charge in [0.1, 0.15) is 12.0 Å². The molecule has 0 spiro atoms. The summed E-state index contributed by atoms with van der Waals surface area (Å²) in [5.74, 6) is 0.605. The topological polar surface area (TPSA) is 53.7 Å². The van der Waals surface area contributed by atoms with Gasteiger partial charge in [-0.25, -0.2) is 0 Å². The average molecular weight is 454 g/mol. The van der Waals surface area contributed by atoms with Crippen molar-refractivity contribution in [1.29, 1.82) is 0 Å². The first-order valence-electron chi connectivity index (χ1n) is 6.87. The lowest BCUT2D eigenvalue weighted by Crippen LogP contribution is -2.38. The molecule has 0 bridgehead atoms. The second-order valence-corrected chi connectivity index (χ2v) is 4.94. The van der Waals surface area contributed by atoms with Crippen molar-refractivity contribution in [1.82, 2.24) is 15.4 Å². The first-order chi connectivity index (χ1) is 10.9. The molecule has 0 aliphatic carbocycles. The normalized spacial score (nSPS) is 11.8. The van der Waals surface area contributed by atoms with Gasteiger partial charge in [-0.2, -0.15) is 13.2 Å². The number of benzene rings is 1. The highest BCUT2D eigenvalue weighted by molar-refractivity contribution is 14.0. The zero-order valence-corrected chi connectivity index (χ0v) is 15.5. The third kappa shape index (κ3) is 5.69. The number of halogens is 4. The maximum absolute atomic E-state index is 12.5. The Kier molecular flexibility index (Phi) is 7.52. The minimum absolute atomic E-state index is 0.